The number of hydrogen-bond acceptors (Lipinski definition) is 3. The van der Waals surface area contributed by atoms with Crippen molar-refractivity contribution in [1.82, 2.24) is 0 Å². The normalized spacial score (nSPS) is 10.3. The minimum Gasteiger partial charge on any atom is -0.492 e. The molecule has 0 aromatic heterocycles. The SMILES string of the molecule is COCCCOc1ccc(CN)cc1Br. The maximum atomic E-state index is 5.57. The molecule has 0 aliphatic carbocycles. The van der Waals surface area contributed by atoms with E-state index < -0.39 is 0 Å². The molecule has 0 saturated carbocycles. The first kappa shape index (κ1) is 12.5. The van der Waals surface area contributed by atoms with E-state index in [-0.39, 0.29) is 0 Å². The second-order valence-electron chi connectivity index (χ2n) is 3.16. The zero-order valence-corrected chi connectivity index (χ0v) is 10.4. The Morgan fingerprint density at radius 3 is 2.73 bits per heavy atom. The van der Waals surface area contributed by atoms with Crippen molar-refractivity contribution in [3.8, 4) is 5.75 Å². The zero-order valence-electron chi connectivity index (χ0n) is 8.83. The van der Waals surface area contributed by atoms with Crippen molar-refractivity contribution in [1.29, 1.82) is 0 Å². The van der Waals surface area contributed by atoms with E-state index in [1.54, 1.807) is 7.11 Å². The smallest absolute Gasteiger partial charge is 0.133 e. The van der Waals surface area contributed by atoms with Crippen LogP contribution in [0.15, 0.2) is 22.7 Å². The van der Waals surface area contributed by atoms with E-state index in [0.29, 0.717) is 13.2 Å². The molecule has 0 fully saturated rings. The van der Waals surface area contributed by atoms with Crippen molar-refractivity contribution < 1.29 is 9.47 Å². The Bertz CT molecular complexity index is 305. The zero-order chi connectivity index (χ0) is 11.1. The first-order chi connectivity index (χ1) is 7.27. The standard InChI is InChI=1S/C11H16BrNO2/c1-14-5-2-6-15-11-4-3-9(8-13)7-10(11)12/h3-4,7H,2,5-6,8,13H2,1H3. The van der Waals surface area contributed by atoms with Crippen molar-refractivity contribution in [2.75, 3.05) is 20.3 Å². The lowest BCUT2D eigenvalue weighted by atomic mass is 10.2. The Morgan fingerprint density at radius 1 is 1.33 bits per heavy atom. The van der Waals surface area contributed by atoms with Gasteiger partial charge in [0.15, 0.2) is 0 Å². The molecule has 15 heavy (non-hydrogen) atoms. The van der Waals surface area contributed by atoms with E-state index in [1.807, 2.05) is 18.2 Å². The van der Waals surface area contributed by atoms with E-state index in [2.05, 4.69) is 15.9 Å². The van der Waals surface area contributed by atoms with Crippen LogP contribution in [0.2, 0.25) is 0 Å². The van der Waals surface area contributed by atoms with Gasteiger partial charge in [-0.15, -0.1) is 0 Å². The molecule has 0 heterocycles. The number of nitrogens with two attached hydrogens (primary N) is 1. The summed E-state index contributed by atoms with van der Waals surface area (Å²) in [5.41, 5.74) is 6.62. The van der Waals surface area contributed by atoms with E-state index in [4.69, 9.17) is 15.2 Å². The van der Waals surface area contributed by atoms with E-state index in [9.17, 15) is 0 Å². The van der Waals surface area contributed by atoms with Gasteiger partial charge < -0.3 is 15.2 Å². The highest BCUT2D eigenvalue weighted by molar-refractivity contribution is 9.10. The Labute approximate surface area is 98.7 Å². The third-order valence-electron chi connectivity index (χ3n) is 1.98. The summed E-state index contributed by atoms with van der Waals surface area (Å²) in [6.07, 6.45) is 0.890. The topological polar surface area (TPSA) is 44.5 Å². The van der Waals surface area contributed by atoms with Crippen LogP contribution in [0.25, 0.3) is 0 Å². The van der Waals surface area contributed by atoms with Gasteiger partial charge in [-0.25, -0.2) is 0 Å². The van der Waals surface area contributed by atoms with Gasteiger partial charge in [0.1, 0.15) is 5.75 Å². The molecule has 0 radical (unpaired) electrons. The number of halogens is 1. The number of rotatable bonds is 6. The lowest BCUT2D eigenvalue weighted by Crippen LogP contribution is -2.02. The molecule has 0 atom stereocenters. The van der Waals surface area contributed by atoms with Crippen LogP contribution in [-0.4, -0.2) is 20.3 Å². The summed E-state index contributed by atoms with van der Waals surface area (Å²) in [6, 6.07) is 5.88. The quantitative estimate of drug-likeness (QED) is 0.810. The molecule has 1 aromatic rings. The van der Waals surface area contributed by atoms with Crippen molar-refractivity contribution in [2.24, 2.45) is 5.73 Å². The second kappa shape index (κ2) is 6.82. The van der Waals surface area contributed by atoms with Crippen LogP contribution in [0.4, 0.5) is 0 Å². The van der Waals surface area contributed by atoms with E-state index in [0.717, 1.165) is 28.8 Å². The van der Waals surface area contributed by atoms with Crippen molar-refractivity contribution in [3.63, 3.8) is 0 Å². The maximum Gasteiger partial charge on any atom is 0.133 e. The average molecular weight is 274 g/mol. The molecule has 0 bridgehead atoms. The van der Waals surface area contributed by atoms with Gasteiger partial charge in [-0.1, -0.05) is 6.07 Å². The highest BCUT2D eigenvalue weighted by Gasteiger charge is 2.01. The molecule has 84 valence electrons. The summed E-state index contributed by atoms with van der Waals surface area (Å²) in [6.45, 7) is 1.93. The molecule has 1 rings (SSSR count). The van der Waals surface area contributed by atoms with Crippen LogP contribution in [0.3, 0.4) is 0 Å². The summed E-state index contributed by atoms with van der Waals surface area (Å²) in [5, 5.41) is 0. The number of hydrogen-bond donors (Lipinski definition) is 1. The Kier molecular flexibility index (Phi) is 5.68. The summed E-state index contributed by atoms with van der Waals surface area (Å²) >= 11 is 3.45. The largest absolute Gasteiger partial charge is 0.492 e. The van der Waals surface area contributed by atoms with Gasteiger partial charge in [0.05, 0.1) is 11.1 Å². The number of ether oxygens (including phenoxy) is 2. The average Bonchev–Trinajstić information content (AvgIpc) is 2.26. The Balaban J connectivity index is 2.47. The van der Waals surface area contributed by atoms with Gasteiger partial charge in [0.25, 0.3) is 0 Å². The second-order valence-corrected chi connectivity index (χ2v) is 4.02. The Hall–Kier alpha value is -0.580. The highest BCUT2D eigenvalue weighted by Crippen LogP contribution is 2.25. The number of methoxy groups -OCH3 is 1. The number of benzene rings is 1. The van der Waals surface area contributed by atoms with Crippen molar-refractivity contribution >= 4 is 15.9 Å². The predicted molar refractivity (Wildman–Crippen MR) is 64.0 cm³/mol. The molecule has 0 saturated heterocycles. The van der Waals surface area contributed by atoms with Crippen molar-refractivity contribution in [3.05, 3.63) is 28.2 Å². The van der Waals surface area contributed by atoms with Crippen LogP contribution in [-0.2, 0) is 11.3 Å². The van der Waals surface area contributed by atoms with Gasteiger partial charge in [-0.05, 0) is 33.6 Å². The molecular formula is C11H16BrNO2. The molecule has 1 aromatic carbocycles. The van der Waals surface area contributed by atoms with Gasteiger partial charge in [0.2, 0.25) is 0 Å². The van der Waals surface area contributed by atoms with Crippen LogP contribution in [0, 0.1) is 0 Å². The third-order valence-corrected chi connectivity index (χ3v) is 2.60. The molecule has 0 amide bonds. The summed E-state index contributed by atoms with van der Waals surface area (Å²) in [5.74, 6) is 0.850. The molecule has 0 aliphatic rings. The Morgan fingerprint density at radius 2 is 2.13 bits per heavy atom. The lowest BCUT2D eigenvalue weighted by molar-refractivity contribution is 0.172. The van der Waals surface area contributed by atoms with E-state index >= 15 is 0 Å². The predicted octanol–water partition coefficient (Wildman–Crippen LogP) is 2.32. The molecule has 2 N–H and O–H groups in total. The van der Waals surface area contributed by atoms with Crippen LogP contribution < -0.4 is 10.5 Å². The van der Waals surface area contributed by atoms with Gasteiger partial charge in [0, 0.05) is 26.7 Å². The van der Waals surface area contributed by atoms with Gasteiger partial charge in [-0.3, -0.25) is 0 Å². The van der Waals surface area contributed by atoms with Crippen LogP contribution in [0.5, 0.6) is 5.75 Å². The minimum atomic E-state index is 0.544. The van der Waals surface area contributed by atoms with Crippen LogP contribution in [0.1, 0.15) is 12.0 Å². The minimum absolute atomic E-state index is 0.544. The molecule has 4 heteroatoms. The lowest BCUT2D eigenvalue weighted by Gasteiger charge is -2.08. The fourth-order valence-electron chi connectivity index (χ4n) is 1.17. The fourth-order valence-corrected chi connectivity index (χ4v) is 1.71. The molecule has 0 unspecified atom stereocenters. The molecule has 3 nitrogen and oxygen atoms in total. The monoisotopic (exact) mass is 273 g/mol. The summed E-state index contributed by atoms with van der Waals surface area (Å²) in [7, 11) is 1.69. The van der Waals surface area contributed by atoms with E-state index in [1.165, 1.54) is 0 Å². The maximum absolute atomic E-state index is 5.57. The fraction of sp³-hybridized carbons (Fsp3) is 0.455. The third kappa shape index (κ3) is 4.20. The molecule has 0 spiro atoms. The summed E-state index contributed by atoms with van der Waals surface area (Å²) in [4.78, 5) is 0. The van der Waals surface area contributed by atoms with Crippen LogP contribution >= 0.6 is 15.9 Å². The molecular weight excluding hydrogens is 258 g/mol. The van der Waals surface area contributed by atoms with Crippen molar-refractivity contribution in [2.45, 2.75) is 13.0 Å². The highest BCUT2D eigenvalue weighted by atomic mass is 79.9. The first-order valence-corrected chi connectivity index (χ1v) is 5.67. The van der Waals surface area contributed by atoms with Gasteiger partial charge in [-0.2, -0.15) is 0 Å². The molecule has 0 aliphatic heterocycles. The summed E-state index contributed by atoms with van der Waals surface area (Å²) < 4.78 is 11.5. The first-order valence-electron chi connectivity index (χ1n) is 4.88. The van der Waals surface area contributed by atoms with Gasteiger partial charge >= 0.3 is 0 Å².